The lowest BCUT2D eigenvalue weighted by atomic mass is 9.57. The van der Waals surface area contributed by atoms with Crippen molar-refractivity contribution in [2.24, 2.45) is 17.8 Å². The molecule has 9 unspecified atom stereocenters. The summed E-state index contributed by atoms with van der Waals surface area (Å²) in [6.07, 6.45) is 11.0. The van der Waals surface area contributed by atoms with Gasteiger partial charge in [-0.3, -0.25) is 0 Å². The van der Waals surface area contributed by atoms with Crippen molar-refractivity contribution in [1.29, 1.82) is 0 Å². The van der Waals surface area contributed by atoms with Crippen LogP contribution in [0.3, 0.4) is 0 Å². The molecule has 0 amide bonds. The average molecular weight is 1070 g/mol. The maximum absolute atomic E-state index is 2.74. The van der Waals surface area contributed by atoms with E-state index >= 15 is 0 Å². The van der Waals surface area contributed by atoms with Crippen molar-refractivity contribution < 1.29 is 0 Å². The molecule has 16 rings (SSSR count). The van der Waals surface area contributed by atoms with Crippen LogP contribution in [-0.4, -0.2) is 16.6 Å². The van der Waals surface area contributed by atoms with Gasteiger partial charge in [-0.05, 0) is 238 Å². The number of para-hydroxylation sites is 3. The molecule has 3 heteroatoms. The molecule has 0 N–H and O–H groups in total. The zero-order chi connectivity index (χ0) is 55.9. The minimum absolute atomic E-state index is 0.00421. The molecule has 3 fully saturated rings. The lowest BCUT2D eigenvalue weighted by Gasteiger charge is -2.54. The number of anilines is 6. The van der Waals surface area contributed by atoms with E-state index in [4.69, 9.17) is 0 Å². The zero-order valence-corrected chi connectivity index (χ0v) is 49.8. The molecule has 3 heterocycles. The normalized spacial score (nSPS) is 29.9. The number of fused-ring (bicyclic) bond motifs is 9. The maximum atomic E-state index is 2.74. The van der Waals surface area contributed by atoms with Crippen molar-refractivity contribution in [2.75, 3.05) is 14.7 Å². The van der Waals surface area contributed by atoms with Crippen LogP contribution in [0.25, 0.3) is 65.7 Å². The summed E-state index contributed by atoms with van der Waals surface area (Å²) in [5, 5.41) is 8.06. The summed E-state index contributed by atoms with van der Waals surface area (Å²) in [5.41, 5.74) is 20.1. The monoisotopic (exact) mass is 1070 g/mol. The molecule has 0 aromatic heterocycles. The van der Waals surface area contributed by atoms with E-state index in [9.17, 15) is 0 Å². The Bertz CT molecular complexity index is 4070. The van der Waals surface area contributed by atoms with E-state index in [1.54, 1.807) is 0 Å². The molecule has 0 bridgehead atoms. The topological polar surface area (TPSA) is 9.72 Å². The molecule has 10 aromatic carbocycles. The van der Waals surface area contributed by atoms with Crippen LogP contribution in [0.1, 0.15) is 137 Å². The number of rotatable bonds is 6. The summed E-state index contributed by atoms with van der Waals surface area (Å²) in [7, 11) is 0. The summed E-state index contributed by atoms with van der Waals surface area (Å²) in [6.45, 7) is 23.1. The van der Waals surface area contributed by atoms with Crippen LogP contribution >= 0.6 is 0 Å². The Labute approximate surface area is 487 Å². The van der Waals surface area contributed by atoms with Crippen LogP contribution in [0.2, 0.25) is 0 Å². The number of hydrogen-bond acceptors (Lipinski definition) is 3. The number of benzene rings is 10. The van der Waals surface area contributed by atoms with Gasteiger partial charge in [0.25, 0.3) is 0 Å². The molecule has 410 valence electrons. The Hall–Kier alpha value is -7.36. The van der Waals surface area contributed by atoms with Crippen LogP contribution in [-0.2, 0) is 16.2 Å². The lowest BCUT2D eigenvalue weighted by molar-refractivity contribution is 0.130. The molecule has 9 atom stereocenters. The molecule has 3 saturated carbocycles. The fourth-order valence-corrected chi connectivity index (χ4v) is 19.5. The smallest absolute Gasteiger partial charge is 0.0543 e. The molecule has 3 aliphatic heterocycles. The van der Waals surface area contributed by atoms with Gasteiger partial charge in [-0.25, -0.2) is 0 Å². The molecular weight excluding hydrogens is 991 g/mol. The summed E-state index contributed by atoms with van der Waals surface area (Å²) in [4.78, 5) is 8.21. The molecule has 3 nitrogen and oxygen atoms in total. The minimum atomic E-state index is -0.0697. The van der Waals surface area contributed by atoms with Gasteiger partial charge < -0.3 is 14.7 Å². The van der Waals surface area contributed by atoms with Gasteiger partial charge in [-0.1, -0.05) is 170 Å². The Kier molecular flexibility index (Phi) is 10.7. The lowest BCUT2D eigenvalue weighted by Crippen LogP contribution is -2.59. The minimum Gasteiger partial charge on any atom is -0.334 e. The first kappa shape index (κ1) is 50.4. The van der Waals surface area contributed by atoms with Crippen LogP contribution in [0.5, 0.6) is 0 Å². The van der Waals surface area contributed by atoms with E-state index in [0.29, 0.717) is 17.8 Å². The summed E-state index contributed by atoms with van der Waals surface area (Å²) in [5.74, 6) is 1.59. The third-order valence-corrected chi connectivity index (χ3v) is 24.8. The highest BCUT2D eigenvalue weighted by Gasteiger charge is 2.63. The standard InChI is InChI=1S/C79H79N3/c1-50-22-19-43-74(4)66-46-54(33-40-69(66)80(77(50,74)7)57-25-13-10-14-26-57)60-36-31-53-32-37-62-64(55-34-41-70-67(47-55)75(5)44-20-23-51(2)78(75,8)81(70)58-27-15-11-16-28-58)49-65(63-39-38-61(60)72(53)73(62)63)56-35-42-71-68(48-56)76(6)45-21-24-52(3)79(76,9)82(71)59-29-17-12-18-30-59/h10-18,25-42,46-52H,19-24,43-45H2,1-9H3. The second-order valence-electron chi connectivity index (χ2n) is 27.9. The maximum Gasteiger partial charge on any atom is 0.0543 e. The molecule has 0 saturated heterocycles. The van der Waals surface area contributed by atoms with Gasteiger partial charge in [0.15, 0.2) is 0 Å². The number of hydrogen-bond donors (Lipinski definition) is 0. The SMILES string of the molecule is CC1CCCC2(C)c3cc(-c4ccc5ccc6c(-c7ccc8c(c7)C7(C)CCCC(C)C7(C)N8c7ccccc7)cc(-c7ccc8c(c7)C7(C)CCCC(C)C7(C)N8c7ccccc7)c7ccc4c5c67)ccc3N(c3ccccc3)C12C. The van der Waals surface area contributed by atoms with Crippen molar-refractivity contribution in [2.45, 2.75) is 153 Å². The largest absolute Gasteiger partial charge is 0.334 e. The molecule has 82 heavy (non-hydrogen) atoms. The van der Waals surface area contributed by atoms with E-state index in [1.165, 1.54) is 174 Å². The van der Waals surface area contributed by atoms with E-state index in [0.717, 1.165) is 0 Å². The van der Waals surface area contributed by atoms with E-state index in [1.807, 2.05) is 0 Å². The van der Waals surface area contributed by atoms with Crippen molar-refractivity contribution in [3.8, 4) is 33.4 Å². The van der Waals surface area contributed by atoms with Gasteiger partial charge in [0.2, 0.25) is 0 Å². The van der Waals surface area contributed by atoms with Crippen LogP contribution in [0, 0.1) is 17.8 Å². The van der Waals surface area contributed by atoms with Crippen molar-refractivity contribution >= 4 is 66.4 Å². The quantitative estimate of drug-likeness (QED) is 0.154. The molecule has 10 aromatic rings. The van der Waals surface area contributed by atoms with Crippen molar-refractivity contribution in [3.63, 3.8) is 0 Å². The Balaban J connectivity index is 0.937. The molecular formula is C79H79N3. The first-order valence-corrected chi connectivity index (χ1v) is 31.4. The number of nitrogens with zero attached hydrogens (tertiary/aromatic N) is 3. The summed E-state index contributed by atoms with van der Waals surface area (Å²) >= 11 is 0. The predicted octanol–water partition coefficient (Wildman–Crippen LogP) is 21.5. The second kappa shape index (κ2) is 17.4. The highest BCUT2D eigenvalue weighted by Crippen LogP contribution is 2.67. The van der Waals surface area contributed by atoms with Crippen LogP contribution < -0.4 is 14.7 Å². The predicted molar refractivity (Wildman–Crippen MR) is 349 cm³/mol. The van der Waals surface area contributed by atoms with Crippen LogP contribution in [0.4, 0.5) is 34.1 Å². The van der Waals surface area contributed by atoms with Gasteiger partial charge in [0, 0.05) is 50.4 Å². The average Bonchev–Trinajstić information content (AvgIpc) is 1.71. The van der Waals surface area contributed by atoms with Crippen LogP contribution in [0.15, 0.2) is 188 Å². The van der Waals surface area contributed by atoms with E-state index < -0.39 is 0 Å². The highest BCUT2D eigenvalue weighted by atomic mass is 15.3. The fourth-order valence-electron chi connectivity index (χ4n) is 19.5. The molecule has 6 aliphatic rings. The summed E-state index contributed by atoms with van der Waals surface area (Å²) in [6, 6.07) is 73.9. The van der Waals surface area contributed by atoms with Gasteiger partial charge in [0.05, 0.1) is 16.6 Å². The van der Waals surface area contributed by atoms with Crippen molar-refractivity contribution in [1.82, 2.24) is 0 Å². The molecule has 3 aliphatic carbocycles. The van der Waals surface area contributed by atoms with E-state index in [2.05, 4.69) is 265 Å². The van der Waals surface area contributed by atoms with Gasteiger partial charge in [0.1, 0.15) is 0 Å². The van der Waals surface area contributed by atoms with E-state index in [-0.39, 0.29) is 32.9 Å². The third kappa shape index (κ3) is 6.23. The van der Waals surface area contributed by atoms with Gasteiger partial charge in [-0.2, -0.15) is 0 Å². The fraction of sp³-hybridized carbons (Fsp3) is 0.342. The Morgan fingerprint density at radius 3 is 1.04 bits per heavy atom. The van der Waals surface area contributed by atoms with Crippen molar-refractivity contribution in [3.05, 3.63) is 205 Å². The first-order valence-electron chi connectivity index (χ1n) is 31.4. The second-order valence-corrected chi connectivity index (χ2v) is 27.9. The zero-order valence-electron chi connectivity index (χ0n) is 49.8. The first-order chi connectivity index (χ1) is 39.6. The Morgan fingerprint density at radius 2 is 0.659 bits per heavy atom. The highest BCUT2D eigenvalue weighted by molar-refractivity contribution is 6.30. The summed E-state index contributed by atoms with van der Waals surface area (Å²) < 4.78 is 0. The van der Waals surface area contributed by atoms with Gasteiger partial charge in [-0.15, -0.1) is 0 Å². The molecule has 0 spiro atoms. The molecule has 0 radical (unpaired) electrons. The van der Waals surface area contributed by atoms with Gasteiger partial charge >= 0.3 is 0 Å². The Morgan fingerprint density at radius 1 is 0.329 bits per heavy atom. The third-order valence-electron chi connectivity index (χ3n) is 24.8.